The molecule has 0 unspecified atom stereocenters. The van der Waals surface area contributed by atoms with Gasteiger partial charge in [-0.2, -0.15) is 0 Å². The van der Waals surface area contributed by atoms with Crippen molar-refractivity contribution in [3.63, 3.8) is 0 Å². The highest BCUT2D eigenvalue weighted by Gasteiger charge is 2.32. The number of nitrogens with zero attached hydrogens (tertiary/aromatic N) is 1. The highest BCUT2D eigenvalue weighted by Crippen LogP contribution is 2.47. The molecular weight excluding hydrogens is 224 g/mol. The van der Waals surface area contributed by atoms with E-state index in [0.29, 0.717) is 16.8 Å². The van der Waals surface area contributed by atoms with Crippen LogP contribution in [0.5, 0.6) is 0 Å². The van der Waals surface area contributed by atoms with Gasteiger partial charge in [0.2, 0.25) is 0 Å². The standard InChI is InChI=1S/C12H11ClN2O/c13-9-4-2-1-3-8(9)10-11(7-5-6-7)16-15-12(10)14/h1-4,7H,5-6H2,(H2,14,15). The van der Waals surface area contributed by atoms with E-state index in [1.165, 1.54) is 0 Å². The molecule has 1 aromatic carbocycles. The Kier molecular flexibility index (Phi) is 2.14. The molecule has 2 N–H and O–H groups in total. The van der Waals surface area contributed by atoms with Crippen molar-refractivity contribution >= 4 is 17.4 Å². The number of rotatable bonds is 2. The molecule has 1 aromatic heterocycles. The summed E-state index contributed by atoms with van der Waals surface area (Å²) in [5.41, 5.74) is 7.62. The fraction of sp³-hybridized carbons (Fsp3) is 0.250. The number of benzene rings is 1. The van der Waals surface area contributed by atoms with Crippen molar-refractivity contribution in [2.75, 3.05) is 5.73 Å². The summed E-state index contributed by atoms with van der Waals surface area (Å²) in [6.45, 7) is 0. The smallest absolute Gasteiger partial charge is 0.175 e. The monoisotopic (exact) mass is 234 g/mol. The lowest BCUT2D eigenvalue weighted by Gasteiger charge is -2.03. The summed E-state index contributed by atoms with van der Waals surface area (Å²) in [6.07, 6.45) is 2.29. The first-order valence-electron chi connectivity index (χ1n) is 5.27. The predicted octanol–water partition coefficient (Wildman–Crippen LogP) is 3.45. The molecule has 1 aliphatic carbocycles. The Bertz CT molecular complexity index is 532. The van der Waals surface area contributed by atoms with Crippen LogP contribution in [0.15, 0.2) is 28.8 Å². The van der Waals surface area contributed by atoms with Gasteiger partial charge < -0.3 is 10.3 Å². The van der Waals surface area contributed by atoms with Crippen LogP contribution in [0.1, 0.15) is 24.5 Å². The molecule has 3 rings (SSSR count). The minimum absolute atomic E-state index is 0.426. The highest BCUT2D eigenvalue weighted by molar-refractivity contribution is 6.33. The van der Waals surface area contributed by atoms with E-state index < -0.39 is 0 Å². The summed E-state index contributed by atoms with van der Waals surface area (Å²) in [5, 5.41) is 4.52. The van der Waals surface area contributed by atoms with Crippen LogP contribution in [0, 0.1) is 0 Å². The quantitative estimate of drug-likeness (QED) is 0.866. The molecule has 2 aromatic rings. The van der Waals surface area contributed by atoms with Gasteiger partial charge in [-0.15, -0.1) is 0 Å². The van der Waals surface area contributed by atoms with E-state index >= 15 is 0 Å². The topological polar surface area (TPSA) is 52.0 Å². The molecule has 1 heterocycles. The summed E-state index contributed by atoms with van der Waals surface area (Å²) in [7, 11) is 0. The first-order chi connectivity index (χ1) is 7.77. The lowest BCUT2D eigenvalue weighted by molar-refractivity contribution is 0.387. The minimum Gasteiger partial charge on any atom is -0.380 e. The van der Waals surface area contributed by atoms with E-state index in [1.54, 1.807) is 0 Å². The maximum Gasteiger partial charge on any atom is 0.175 e. The van der Waals surface area contributed by atoms with Gasteiger partial charge in [0.05, 0.1) is 5.56 Å². The van der Waals surface area contributed by atoms with E-state index in [1.807, 2.05) is 24.3 Å². The summed E-state index contributed by atoms with van der Waals surface area (Å²) in [4.78, 5) is 0. The molecule has 0 radical (unpaired) electrons. The molecule has 0 spiro atoms. The van der Waals surface area contributed by atoms with Crippen molar-refractivity contribution in [3.05, 3.63) is 35.0 Å². The van der Waals surface area contributed by atoms with Gasteiger partial charge in [-0.25, -0.2) is 0 Å². The molecule has 1 aliphatic rings. The molecule has 1 saturated carbocycles. The molecule has 4 heteroatoms. The van der Waals surface area contributed by atoms with Crippen LogP contribution in [0.2, 0.25) is 5.02 Å². The Balaban J connectivity index is 2.18. The third-order valence-electron chi connectivity index (χ3n) is 2.84. The predicted molar refractivity (Wildman–Crippen MR) is 63.3 cm³/mol. The average molecular weight is 235 g/mol. The minimum atomic E-state index is 0.426. The summed E-state index contributed by atoms with van der Waals surface area (Å²) in [6, 6.07) is 7.62. The number of hydrogen-bond donors (Lipinski definition) is 1. The maximum absolute atomic E-state index is 6.16. The van der Waals surface area contributed by atoms with Crippen LogP contribution < -0.4 is 5.73 Å². The Labute approximate surface area is 98.2 Å². The number of hydrogen-bond acceptors (Lipinski definition) is 3. The fourth-order valence-electron chi connectivity index (χ4n) is 1.87. The Hall–Kier alpha value is -1.48. The molecule has 0 aliphatic heterocycles. The number of anilines is 1. The van der Waals surface area contributed by atoms with Gasteiger partial charge in [0.15, 0.2) is 5.82 Å². The Morgan fingerprint density at radius 1 is 1.31 bits per heavy atom. The van der Waals surface area contributed by atoms with Crippen LogP contribution in [0.3, 0.4) is 0 Å². The summed E-state index contributed by atoms with van der Waals surface area (Å²) in [5.74, 6) is 1.77. The average Bonchev–Trinajstić information content (AvgIpc) is 3.04. The van der Waals surface area contributed by atoms with Crippen molar-refractivity contribution < 1.29 is 4.52 Å². The van der Waals surface area contributed by atoms with Crippen molar-refractivity contribution in [1.82, 2.24) is 5.16 Å². The molecule has 0 amide bonds. The van der Waals surface area contributed by atoms with Crippen molar-refractivity contribution in [2.45, 2.75) is 18.8 Å². The largest absolute Gasteiger partial charge is 0.380 e. The first-order valence-corrected chi connectivity index (χ1v) is 5.65. The SMILES string of the molecule is Nc1noc(C2CC2)c1-c1ccccc1Cl. The van der Waals surface area contributed by atoms with Crippen LogP contribution in [0.25, 0.3) is 11.1 Å². The molecule has 0 atom stereocenters. The van der Waals surface area contributed by atoms with Gasteiger partial charge in [0.1, 0.15) is 5.76 Å². The highest BCUT2D eigenvalue weighted by atomic mass is 35.5. The molecule has 1 fully saturated rings. The number of aromatic nitrogens is 1. The van der Waals surface area contributed by atoms with Crippen molar-refractivity contribution in [1.29, 1.82) is 0 Å². The zero-order valence-electron chi connectivity index (χ0n) is 8.61. The lowest BCUT2D eigenvalue weighted by Crippen LogP contribution is -1.90. The van der Waals surface area contributed by atoms with Gasteiger partial charge in [-0.3, -0.25) is 0 Å². The Morgan fingerprint density at radius 3 is 2.75 bits per heavy atom. The van der Waals surface area contributed by atoms with E-state index in [2.05, 4.69) is 5.16 Å². The first kappa shape index (κ1) is 9.73. The molecule has 0 saturated heterocycles. The third kappa shape index (κ3) is 1.48. The molecule has 16 heavy (non-hydrogen) atoms. The number of nitrogen functional groups attached to an aromatic ring is 1. The number of halogens is 1. The summed E-state index contributed by atoms with van der Waals surface area (Å²) >= 11 is 6.16. The van der Waals surface area contributed by atoms with Gasteiger partial charge in [-0.1, -0.05) is 35.0 Å². The van der Waals surface area contributed by atoms with Crippen LogP contribution in [-0.2, 0) is 0 Å². The molecular formula is C12H11ClN2O. The van der Waals surface area contributed by atoms with Gasteiger partial charge in [0, 0.05) is 16.5 Å². The Morgan fingerprint density at radius 2 is 2.06 bits per heavy atom. The van der Waals surface area contributed by atoms with Gasteiger partial charge in [-0.05, 0) is 18.9 Å². The molecule has 3 nitrogen and oxygen atoms in total. The van der Waals surface area contributed by atoms with Crippen molar-refractivity contribution in [2.24, 2.45) is 0 Å². The van der Waals surface area contributed by atoms with Crippen LogP contribution >= 0.6 is 11.6 Å². The van der Waals surface area contributed by atoms with E-state index in [9.17, 15) is 0 Å². The zero-order chi connectivity index (χ0) is 11.1. The summed E-state index contributed by atoms with van der Waals surface area (Å²) < 4.78 is 5.30. The second kappa shape index (κ2) is 3.52. The van der Waals surface area contributed by atoms with Crippen LogP contribution in [-0.4, -0.2) is 5.16 Å². The van der Waals surface area contributed by atoms with E-state index in [-0.39, 0.29) is 0 Å². The van der Waals surface area contributed by atoms with Gasteiger partial charge in [0.25, 0.3) is 0 Å². The second-order valence-electron chi connectivity index (χ2n) is 4.06. The fourth-order valence-corrected chi connectivity index (χ4v) is 2.10. The van der Waals surface area contributed by atoms with Gasteiger partial charge >= 0.3 is 0 Å². The number of nitrogens with two attached hydrogens (primary N) is 1. The van der Waals surface area contributed by atoms with E-state index in [4.69, 9.17) is 21.9 Å². The second-order valence-corrected chi connectivity index (χ2v) is 4.47. The molecule has 0 bridgehead atoms. The molecule has 82 valence electrons. The van der Waals surface area contributed by atoms with E-state index in [0.717, 1.165) is 29.7 Å². The van der Waals surface area contributed by atoms with Crippen LogP contribution in [0.4, 0.5) is 5.82 Å². The van der Waals surface area contributed by atoms with Crippen molar-refractivity contribution in [3.8, 4) is 11.1 Å². The zero-order valence-corrected chi connectivity index (χ0v) is 9.37. The maximum atomic E-state index is 6.16. The normalized spacial score (nSPS) is 15.3. The third-order valence-corrected chi connectivity index (χ3v) is 3.17. The lowest BCUT2D eigenvalue weighted by atomic mass is 10.0.